The fourth-order valence-electron chi connectivity index (χ4n) is 3.92. The van der Waals surface area contributed by atoms with Gasteiger partial charge in [0.2, 0.25) is 5.91 Å². The van der Waals surface area contributed by atoms with Crippen LogP contribution in [0.1, 0.15) is 24.0 Å². The molecule has 2 aliphatic rings. The number of nitrogens with one attached hydrogen (secondary N) is 1. The van der Waals surface area contributed by atoms with Gasteiger partial charge in [-0.05, 0) is 29.7 Å². The molecule has 0 spiro atoms. The number of urea groups is 1. The maximum Gasteiger partial charge on any atom is 0.327 e. The molecule has 0 radical (unpaired) electrons. The van der Waals surface area contributed by atoms with Gasteiger partial charge in [-0.15, -0.1) is 0 Å². The van der Waals surface area contributed by atoms with Gasteiger partial charge >= 0.3 is 6.03 Å². The minimum atomic E-state index is -0.531. The molecule has 2 aliphatic heterocycles. The second-order valence-corrected chi connectivity index (χ2v) is 7.40. The highest BCUT2D eigenvalue weighted by Crippen LogP contribution is 2.37. The van der Waals surface area contributed by atoms with Crippen molar-refractivity contribution in [3.8, 4) is 11.5 Å². The molecule has 10 heteroatoms. The van der Waals surface area contributed by atoms with Crippen LogP contribution in [0.2, 0.25) is 0 Å². The molecule has 2 heterocycles. The van der Waals surface area contributed by atoms with Gasteiger partial charge in [-0.25, -0.2) is 4.79 Å². The summed E-state index contributed by atoms with van der Waals surface area (Å²) in [5, 5.41) is 2.70. The van der Waals surface area contributed by atoms with Crippen molar-refractivity contribution >= 4 is 17.8 Å². The number of imide groups is 1. The molecule has 1 aromatic carbocycles. The van der Waals surface area contributed by atoms with E-state index in [0.717, 1.165) is 11.1 Å². The third-order valence-corrected chi connectivity index (χ3v) is 5.64. The van der Waals surface area contributed by atoms with E-state index in [0.29, 0.717) is 30.9 Å². The van der Waals surface area contributed by atoms with Crippen molar-refractivity contribution in [1.29, 1.82) is 0 Å². The standard InChI is InChI=1S/C21H29N3O7/c1-28-16-9-13-8-15-20(26)23(7-5-6-18(25)22-11-19(30-3)31-4)21(27)24(15)12-14(13)10-17(16)29-2/h9-10,15,19H,5-8,11-12H2,1-4H3,(H,22,25). The first-order valence-corrected chi connectivity index (χ1v) is 10.1. The van der Waals surface area contributed by atoms with E-state index in [1.807, 2.05) is 12.1 Å². The maximum atomic E-state index is 12.9. The Labute approximate surface area is 181 Å². The van der Waals surface area contributed by atoms with Crippen LogP contribution in [0.3, 0.4) is 0 Å². The summed E-state index contributed by atoms with van der Waals surface area (Å²) in [6.45, 7) is 0.755. The number of benzene rings is 1. The molecule has 1 N–H and O–H groups in total. The fourth-order valence-corrected chi connectivity index (χ4v) is 3.92. The predicted octanol–water partition coefficient (Wildman–Crippen LogP) is 0.908. The van der Waals surface area contributed by atoms with E-state index in [1.165, 1.54) is 19.1 Å². The lowest BCUT2D eigenvalue weighted by atomic mass is 9.94. The highest BCUT2D eigenvalue weighted by atomic mass is 16.7. The zero-order valence-corrected chi connectivity index (χ0v) is 18.3. The van der Waals surface area contributed by atoms with Gasteiger partial charge in [0.1, 0.15) is 6.04 Å². The number of carbonyl (C=O) groups excluding carboxylic acids is 3. The topological polar surface area (TPSA) is 107 Å². The van der Waals surface area contributed by atoms with Gasteiger partial charge in [-0.2, -0.15) is 0 Å². The SMILES string of the molecule is COc1cc2c(cc1OC)CN1C(=O)N(CCCC(=O)NCC(OC)OC)C(=O)C1C2. The Kier molecular flexibility index (Phi) is 7.34. The molecule has 31 heavy (non-hydrogen) atoms. The molecule has 1 unspecified atom stereocenters. The molecular formula is C21H29N3O7. The van der Waals surface area contributed by atoms with Crippen molar-refractivity contribution in [2.75, 3.05) is 41.5 Å². The van der Waals surface area contributed by atoms with Crippen molar-refractivity contribution in [2.45, 2.75) is 38.1 Å². The summed E-state index contributed by atoms with van der Waals surface area (Å²) in [7, 11) is 6.10. The van der Waals surface area contributed by atoms with E-state index in [-0.39, 0.29) is 37.4 Å². The molecule has 1 saturated heterocycles. The average Bonchev–Trinajstić information content (AvgIpc) is 3.01. The summed E-state index contributed by atoms with van der Waals surface area (Å²) in [6.07, 6.45) is 0.479. The van der Waals surface area contributed by atoms with E-state index < -0.39 is 12.3 Å². The van der Waals surface area contributed by atoms with Crippen LogP contribution in [-0.4, -0.2) is 81.5 Å². The molecule has 170 valence electrons. The van der Waals surface area contributed by atoms with Gasteiger partial charge < -0.3 is 29.2 Å². The quantitative estimate of drug-likeness (QED) is 0.430. The first kappa shape index (κ1) is 22.8. The van der Waals surface area contributed by atoms with Crippen molar-refractivity contribution in [2.24, 2.45) is 0 Å². The Morgan fingerprint density at radius 2 is 1.74 bits per heavy atom. The predicted molar refractivity (Wildman–Crippen MR) is 110 cm³/mol. The second-order valence-electron chi connectivity index (χ2n) is 7.40. The highest BCUT2D eigenvalue weighted by molar-refractivity contribution is 6.04. The minimum Gasteiger partial charge on any atom is -0.493 e. The monoisotopic (exact) mass is 435 g/mol. The molecule has 0 aliphatic carbocycles. The molecule has 3 rings (SSSR count). The van der Waals surface area contributed by atoms with Crippen LogP contribution in [0.15, 0.2) is 12.1 Å². The molecule has 0 saturated carbocycles. The lowest BCUT2D eigenvalue weighted by Crippen LogP contribution is -2.40. The Balaban J connectivity index is 1.58. The summed E-state index contributed by atoms with van der Waals surface area (Å²) in [4.78, 5) is 40.5. The van der Waals surface area contributed by atoms with Crippen molar-refractivity contribution in [3.63, 3.8) is 0 Å². The summed E-state index contributed by atoms with van der Waals surface area (Å²) >= 11 is 0. The molecular weight excluding hydrogens is 406 g/mol. The number of hydrogen-bond donors (Lipinski definition) is 1. The van der Waals surface area contributed by atoms with Crippen LogP contribution >= 0.6 is 0 Å². The van der Waals surface area contributed by atoms with E-state index in [4.69, 9.17) is 18.9 Å². The Hall–Kier alpha value is -2.85. The number of fused-ring (bicyclic) bond motifs is 2. The normalized spacial score (nSPS) is 17.6. The Morgan fingerprint density at radius 1 is 1.10 bits per heavy atom. The summed E-state index contributed by atoms with van der Waals surface area (Å²) in [6, 6.07) is 2.86. The van der Waals surface area contributed by atoms with Crippen LogP contribution in [0, 0.1) is 0 Å². The number of hydrogen-bond acceptors (Lipinski definition) is 7. The van der Waals surface area contributed by atoms with Crippen LogP contribution in [0.25, 0.3) is 0 Å². The molecule has 1 fully saturated rings. The smallest absolute Gasteiger partial charge is 0.327 e. The lowest BCUT2D eigenvalue weighted by molar-refractivity contribution is -0.130. The van der Waals surface area contributed by atoms with Gasteiger partial charge in [0, 0.05) is 40.2 Å². The first-order chi connectivity index (χ1) is 14.9. The summed E-state index contributed by atoms with van der Waals surface area (Å²) < 4.78 is 20.7. The second kappa shape index (κ2) is 9.97. The molecule has 1 atom stereocenters. The molecule has 0 aromatic heterocycles. The van der Waals surface area contributed by atoms with E-state index in [1.54, 1.807) is 19.1 Å². The molecule has 4 amide bonds. The number of ether oxygens (including phenoxy) is 4. The number of nitrogens with zero attached hydrogens (tertiary/aromatic N) is 2. The van der Waals surface area contributed by atoms with Crippen LogP contribution in [0.4, 0.5) is 4.79 Å². The average molecular weight is 435 g/mol. The van der Waals surface area contributed by atoms with Gasteiger partial charge in [0.15, 0.2) is 17.8 Å². The molecule has 0 bridgehead atoms. The van der Waals surface area contributed by atoms with Crippen LogP contribution in [0.5, 0.6) is 11.5 Å². The van der Waals surface area contributed by atoms with E-state index >= 15 is 0 Å². The number of carbonyl (C=O) groups is 3. The van der Waals surface area contributed by atoms with Crippen molar-refractivity contribution in [3.05, 3.63) is 23.3 Å². The number of amides is 4. The van der Waals surface area contributed by atoms with E-state index in [9.17, 15) is 14.4 Å². The third kappa shape index (κ3) is 4.75. The Bertz CT molecular complexity index is 790. The summed E-state index contributed by atoms with van der Waals surface area (Å²) in [5.41, 5.74) is 1.90. The maximum absolute atomic E-state index is 12.9. The Morgan fingerprint density at radius 3 is 2.35 bits per heavy atom. The molecule has 1 aromatic rings. The largest absolute Gasteiger partial charge is 0.493 e. The zero-order chi connectivity index (χ0) is 22.5. The zero-order valence-electron chi connectivity index (χ0n) is 18.3. The van der Waals surface area contributed by atoms with Crippen molar-refractivity contribution < 1.29 is 33.3 Å². The number of methoxy groups -OCH3 is 4. The van der Waals surface area contributed by atoms with Crippen LogP contribution < -0.4 is 14.8 Å². The number of rotatable bonds is 10. The highest BCUT2D eigenvalue weighted by Gasteiger charge is 2.47. The van der Waals surface area contributed by atoms with Gasteiger partial charge in [-0.3, -0.25) is 14.5 Å². The first-order valence-electron chi connectivity index (χ1n) is 10.1. The van der Waals surface area contributed by atoms with Crippen LogP contribution in [-0.2, 0) is 32.0 Å². The van der Waals surface area contributed by atoms with E-state index in [2.05, 4.69) is 5.32 Å². The van der Waals surface area contributed by atoms with Gasteiger partial charge in [0.25, 0.3) is 5.91 Å². The minimum absolute atomic E-state index is 0.191. The van der Waals surface area contributed by atoms with Gasteiger partial charge in [-0.1, -0.05) is 0 Å². The third-order valence-electron chi connectivity index (χ3n) is 5.64. The van der Waals surface area contributed by atoms with Crippen molar-refractivity contribution in [1.82, 2.24) is 15.1 Å². The van der Waals surface area contributed by atoms with Gasteiger partial charge in [0.05, 0.1) is 20.8 Å². The summed E-state index contributed by atoms with van der Waals surface area (Å²) in [5.74, 6) is 0.760. The molecule has 10 nitrogen and oxygen atoms in total. The fraction of sp³-hybridized carbons (Fsp3) is 0.571. The lowest BCUT2D eigenvalue weighted by Gasteiger charge is -2.29.